The number of rotatable bonds is 4. The molecule has 0 atom stereocenters. The first-order valence-electron chi connectivity index (χ1n) is 6.62. The Labute approximate surface area is 118 Å². The fourth-order valence-corrected chi connectivity index (χ4v) is 2.44. The van der Waals surface area contributed by atoms with Gasteiger partial charge in [-0.1, -0.05) is 6.08 Å². The van der Waals surface area contributed by atoms with Gasteiger partial charge in [-0.25, -0.2) is 0 Å². The molecule has 1 aromatic carbocycles. The van der Waals surface area contributed by atoms with Crippen molar-refractivity contribution in [2.24, 2.45) is 0 Å². The minimum absolute atomic E-state index is 0.0141. The first-order chi connectivity index (χ1) is 9.47. The molecule has 0 radical (unpaired) electrons. The van der Waals surface area contributed by atoms with Crippen molar-refractivity contribution in [3.05, 3.63) is 45.5 Å². The Bertz CT molecular complexity index is 578. The third-order valence-electron chi connectivity index (χ3n) is 3.50. The molecular formula is C15H18N2O3. The molecule has 1 aromatic rings. The van der Waals surface area contributed by atoms with E-state index in [2.05, 4.69) is 18.0 Å². The molecule has 1 aliphatic heterocycles. The summed E-state index contributed by atoms with van der Waals surface area (Å²) in [6.07, 6.45) is 3.28. The van der Waals surface area contributed by atoms with Gasteiger partial charge in [0.15, 0.2) is 0 Å². The average molecular weight is 274 g/mol. The predicted molar refractivity (Wildman–Crippen MR) is 77.6 cm³/mol. The molecule has 0 spiro atoms. The van der Waals surface area contributed by atoms with E-state index < -0.39 is 4.92 Å². The lowest BCUT2D eigenvalue weighted by Gasteiger charge is -2.23. The number of carbonyl (C=O) groups is 1. The summed E-state index contributed by atoms with van der Waals surface area (Å²) in [5, 5.41) is 10.9. The standard InChI is InChI=1S/C15H18N2O3/c1-11(18)9-13-10-14(17(19)20)3-4-15(13)12-5-7-16(2)8-6-12/h3-5,10H,6-9H2,1-2H3. The maximum atomic E-state index is 11.4. The van der Waals surface area contributed by atoms with Crippen molar-refractivity contribution >= 4 is 17.0 Å². The molecule has 0 aromatic heterocycles. The molecule has 20 heavy (non-hydrogen) atoms. The van der Waals surface area contributed by atoms with E-state index in [0.717, 1.165) is 30.6 Å². The molecule has 0 amide bonds. The van der Waals surface area contributed by atoms with Gasteiger partial charge in [0.05, 0.1) is 4.92 Å². The summed E-state index contributed by atoms with van der Waals surface area (Å²) in [5.41, 5.74) is 2.94. The van der Waals surface area contributed by atoms with E-state index in [-0.39, 0.29) is 17.9 Å². The molecule has 106 valence electrons. The minimum Gasteiger partial charge on any atom is -0.302 e. The molecule has 0 bridgehead atoms. The summed E-state index contributed by atoms with van der Waals surface area (Å²) in [6.45, 7) is 3.33. The summed E-state index contributed by atoms with van der Waals surface area (Å²) in [5.74, 6) is 0.0141. The van der Waals surface area contributed by atoms with Crippen LogP contribution >= 0.6 is 0 Å². The third kappa shape index (κ3) is 3.30. The lowest BCUT2D eigenvalue weighted by molar-refractivity contribution is -0.384. The van der Waals surface area contributed by atoms with Gasteiger partial charge in [0, 0.05) is 31.6 Å². The third-order valence-corrected chi connectivity index (χ3v) is 3.50. The van der Waals surface area contributed by atoms with Crippen LogP contribution in [-0.2, 0) is 11.2 Å². The molecule has 0 saturated heterocycles. The maximum Gasteiger partial charge on any atom is 0.269 e. The quantitative estimate of drug-likeness (QED) is 0.625. The SMILES string of the molecule is CC(=O)Cc1cc([N+](=O)[O-])ccc1C1=CCN(C)CC1. The normalized spacial score (nSPS) is 15.8. The Morgan fingerprint density at radius 2 is 2.20 bits per heavy atom. The van der Waals surface area contributed by atoms with Crippen LogP contribution in [-0.4, -0.2) is 35.7 Å². The zero-order valence-electron chi connectivity index (χ0n) is 11.8. The van der Waals surface area contributed by atoms with Crippen LogP contribution in [0.25, 0.3) is 5.57 Å². The molecule has 1 aliphatic rings. The zero-order chi connectivity index (χ0) is 14.7. The molecule has 5 heteroatoms. The van der Waals surface area contributed by atoms with E-state index in [9.17, 15) is 14.9 Å². The van der Waals surface area contributed by atoms with Crippen LogP contribution in [0.4, 0.5) is 5.69 Å². The van der Waals surface area contributed by atoms with Crippen molar-refractivity contribution in [3.8, 4) is 0 Å². The largest absolute Gasteiger partial charge is 0.302 e. The van der Waals surface area contributed by atoms with Gasteiger partial charge >= 0.3 is 0 Å². The summed E-state index contributed by atoms with van der Waals surface area (Å²) in [7, 11) is 2.06. The van der Waals surface area contributed by atoms with Crippen LogP contribution < -0.4 is 0 Å². The Morgan fingerprint density at radius 3 is 2.75 bits per heavy atom. The summed E-state index contributed by atoms with van der Waals surface area (Å²) >= 11 is 0. The Morgan fingerprint density at radius 1 is 1.45 bits per heavy atom. The number of hydrogen-bond donors (Lipinski definition) is 0. The second-order valence-corrected chi connectivity index (χ2v) is 5.22. The molecular weight excluding hydrogens is 256 g/mol. The van der Waals surface area contributed by atoms with Gasteiger partial charge in [-0.3, -0.25) is 14.9 Å². The van der Waals surface area contributed by atoms with Gasteiger partial charge in [0.1, 0.15) is 5.78 Å². The van der Waals surface area contributed by atoms with E-state index in [1.165, 1.54) is 24.6 Å². The smallest absolute Gasteiger partial charge is 0.269 e. The second kappa shape index (κ2) is 5.96. The second-order valence-electron chi connectivity index (χ2n) is 5.22. The highest BCUT2D eigenvalue weighted by atomic mass is 16.6. The highest BCUT2D eigenvalue weighted by molar-refractivity contribution is 5.81. The molecule has 1 heterocycles. The number of benzene rings is 1. The Kier molecular flexibility index (Phi) is 4.29. The number of non-ortho nitro benzene ring substituents is 1. The minimum atomic E-state index is -0.420. The molecule has 0 aliphatic carbocycles. The average Bonchev–Trinajstić information content (AvgIpc) is 2.39. The van der Waals surface area contributed by atoms with Crippen LogP contribution in [0, 0.1) is 10.1 Å². The van der Waals surface area contributed by atoms with Crippen LogP contribution in [0.5, 0.6) is 0 Å². The highest BCUT2D eigenvalue weighted by Gasteiger charge is 2.17. The lowest BCUT2D eigenvalue weighted by Crippen LogP contribution is -2.24. The van der Waals surface area contributed by atoms with E-state index in [1.807, 2.05) is 0 Å². The van der Waals surface area contributed by atoms with Crippen molar-refractivity contribution < 1.29 is 9.72 Å². The van der Waals surface area contributed by atoms with Gasteiger partial charge in [-0.2, -0.15) is 0 Å². The summed E-state index contributed by atoms with van der Waals surface area (Å²) in [4.78, 5) is 24.0. The lowest BCUT2D eigenvalue weighted by atomic mass is 9.92. The number of nitro groups is 1. The monoisotopic (exact) mass is 274 g/mol. The first-order valence-corrected chi connectivity index (χ1v) is 6.62. The van der Waals surface area contributed by atoms with Gasteiger partial charge in [0.25, 0.3) is 5.69 Å². The molecule has 0 saturated carbocycles. The topological polar surface area (TPSA) is 63.4 Å². The first kappa shape index (κ1) is 14.4. The van der Waals surface area contributed by atoms with Crippen LogP contribution in [0.2, 0.25) is 0 Å². The molecule has 5 nitrogen and oxygen atoms in total. The van der Waals surface area contributed by atoms with Crippen molar-refractivity contribution in [2.75, 3.05) is 20.1 Å². The maximum absolute atomic E-state index is 11.4. The predicted octanol–water partition coefficient (Wildman–Crippen LogP) is 2.45. The van der Waals surface area contributed by atoms with Crippen LogP contribution in [0.15, 0.2) is 24.3 Å². The number of nitrogens with zero attached hydrogens (tertiary/aromatic N) is 2. The van der Waals surface area contributed by atoms with E-state index in [4.69, 9.17) is 0 Å². The molecule has 0 unspecified atom stereocenters. The van der Waals surface area contributed by atoms with Crippen LogP contribution in [0.1, 0.15) is 24.5 Å². The zero-order valence-corrected chi connectivity index (χ0v) is 11.8. The van der Waals surface area contributed by atoms with Gasteiger partial charge in [0.2, 0.25) is 0 Å². The number of likely N-dealkylation sites (N-methyl/N-ethyl adjacent to an activating group) is 1. The number of ketones is 1. The number of Topliss-reactive ketones (excluding diaryl/α,β-unsaturated/α-hetero) is 1. The Hall–Kier alpha value is -2.01. The van der Waals surface area contributed by atoms with Gasteiger partial charge < -0.3 is 4.90 Å². The van der Waals surface area contributed by atoms with Crippen molar-refractivity contribution in [2.45, 2.75) is 19.8 Å². The van der Waals surface area contributed by atoms with E-state index in [0.29, 0.717) is 0 Å². The summed E-state index contributed by atoms with van der Waals surface area (Å²) in [6, 6.07) is 4.81. The van der Waals surface area contributed by atoms with E-state index >= 15 is 0 Å². The van der Waals surface area contributed by atoms with Crippen molar-refractivity contribution in [3.63, 3.8) is 0 Å². The molecule has 0 N–H and O–H groups in total. The fourth-order valence-electron chi connectivity index (χ4n) is 2.44. The fraction of sp³-hybridized carbons (Fsp3) is 0.400. The van der Waals surface area contributed by atoms with Gasteiger partial charge in [-0.05, 0) is 43.2 Å². The van der Waals surface area contributed by atoms with Crippen molar-refractivity contribution in [1.82, 2.24) is 4.90 Å². The van der Waals surface area contributed by atoms with Crippen molar-refractivity contribution in [1.29, 1.82) is 0 Å². The number of nitro benzene ring substituents is 1. The molecule has 2 rings (SSSR count). The van der Waals surface area contributed by atoms with Gasteiger partial charge in [-0.15, -0.1) is 0 Å². The Balaban J connectivity index is 2.41. The van der Waals surface area contributed by atoms with E-state index in [1.54, 1.807) is 6.07 Å². The summed E-state index contributed by atoms with van der Waals surface area (Å²) < 4.78 is 0. The van der Waals surface area contributed by atoms with Crippen LogP contribution in [0.3, 0.4) is 0 Å². The number of hydrogen-bond acceptors (Lipinski definition) is 4. The number of carbonyl (C=O) groups excluding carboxylic acids is 1. The molecule has 0 fully saturated rings. The highest BCUT2D eigenvalue weighted by Crippen LogP contribution is 2.28.